The van der Waals surface area contributed by atoms with Crippen LogP contribution in [0.5, 0.6) is 0 Å². The summed E-state index contributed by atoms with van der Waals surface area (Å²) in [4.78, 5) is 12.9. The fourth-order valence-electron chi connectivity index (χ4n) is 1.96. The van der Waals surface area contributed by atoms with Gasteiger partial charge in [0.15, 0.2) is 6.29 Å². The highest BCUT2D eigenvalue weighted by molar-refractivity contribution is 7.09. The fourth-order valence-corrected chi connectivity index (χ4v) is 2.05. The first kappa shape index (κ1) is 20.5. The van der Waals surface area contributed by atoms with Crippen LogP contribution < -0.4 is 5.73 Å². The second-order valence-electron chi connectivity index (χ2n) is 4.30. The van der Waals surface area contributed by atoms with E-state index in [4.69, 9.17) is 14.5 Å². The van der Waals surface area contributed by atoms with Crippen molar-refractivity contribution in [2.75, 3.05) is 33.4 Å². The zero-order valence-corrected chi connectivity index (χ0v) is 14.5. The van der Waals surface area contributed by atoms with Gasteiger partial charge in [0.1, 0.15) is 6.07 Å². The number of rotatable bonds is 7. The number of allylic oxidation sites excluding steroid dienone is 6. The van der Waals surface area contributed by atoms with Crippen molar-refractivity contribution in [3.8, 4) is 6.07 Å². The van der Waals surface area contributed by atoms with E-state index in [0.717, 1.165) is 17.9 Å². The van der Waals surface area contributed by atoms with Crippen LogP contribution in [0.3, 0.4) is 0 Å². The number of carbonyl (C=O) groups is 1. The van der Waals surface area contributed by atoms with Crippen LogP contribution in [0.25, 0.3) is 0 Å². The Morgan fingerprint density at radius 1 is 1.32 bits per heavy atom. The smallest absolute Gasteiger partial charge is 0.161 e. The van der Waals surface area contributed by atoms with Crippen LogP contribution in [-0.2, 0) is 14.1 Å². The minimum atomic E-state index is 0.150. The van der Waals surface area contributed by atoms with E-state index in [9.17, 15) is 4.79 Å². The topological polar surface area (TPSA) is 88.6 Å². The van der Waals surface area contributed by atoms with Gasteiger partial charge in [-0.15, -0.1) is 0 Å². The molecule has 22 heavy (non-hydrogen) atoms. The SMILES string of the molecule is CC1=CC(=C(C#N)C=O)C=C(C)N1CCOCCOP.CN. The van der Waals surface area contributed by atoms with E-state index in [2.05, 4.69) is 20.1 Å². The second kappa shape index (κ2) is 12.1. The van der Waals surface area contributed by atoms with E-state index in [1.807, 2.05) is 32.1 Å². The average molecular weight is 325 g/mol. The van der Waals surface area contributed by atoms with Crippen molar-refractivity contribution in [3.63, 3.8) is 0 Å². The van der Waals surface area contributed by atoms with Crippen molar-refractivity contribution in [1.82, 2.24) is 4.90 Å². The third-order valence-electron chi connectivity index (χ3n) is 2.93. The largest absolute Gasteiger partial charge is 0.377 e. The van der Waals surface area contributed by atoms with E-state index in [1.165, 1.54) is 7.05 Å². The molecule has 0 amide bonds. The molecule has 0 aromatic rings. The molecule has 0 spiro atoms. The van der Waals surface area contributed by atoms with Crippen molar-refractivity contribution in [1.29, 1.82) is 5.26 Å². The van der Waals surface area contributed by atoms with Crippen molar-refractivity contribution in [2.24, 2.45) is 5.73 Å². The zero-order chi connectivity index (χ0) is 17.0. The first-order valence-corrected chi connectivity index (χ1v) is 7.32. The molecule has 7 heteroatoms. The van der Waals surface area contributed by atoms with Gasteiger partial charge in [0.25, 0.3) is 0 Å². The summed E-state index contributed by atoms with van der Waals surface area (Å²) >= 11 is 0. The molecule has 1 unspecified atom stereocenters. The van der Waals surface area contributed by atoms with Crippen LogP contribution in [0.1, 0.15) is 13.8 Å². The number of nitrogens with zero attached hydrogens (tertiary/aromatic N) is 2. The summed E-state index contributed by atoms with van der Waals surface area (Å²) in [5.41, 5.74) is 7.28. The highest BCUT2D eigenvalue weighted by Crippen LogP contribution is 2.23. The molecule has 1 aliphatic heterocycles. The molecule has 122 valence electrons. The molecule has 0 fully saturated rings. The number of nitrogens with two attached hydrogens (primary N) is 1. The van der Waals surface area contributed by atoms with Crippen molar-refractivity contribution >= 4 is 15.8 Å². The highest BCUT2D eigenvalue weighted by atomic mass is 31.0. The summed E-state index contributed by atoms with van der Waals surface area (Å²) in [5.74, 6) is 0. The molecule has 6 nitrogen and oxygen atoms in total. The number of nitriles is 1. The average Bonchev–Trinajstić information content (AvgIpc) is 2.52. The van der Waals surface area contributed by atoms with E-state index in [0.29, 0.717) is 31.7 Å². The summed E-state index contributed by atoms with van der Waals surface area (Å²) in [6, 6.07) is 1.91. The summed E-state index contributed by atoms with van der Waals surface area (Å²) < 4.78 is 10.3. The fraction of sp³-hybridized carbons (Fsp3) is 0.467. The van der Waals surface area contributed by atoms with Gasteiger partial charge >= 0.3 is 0 Å². The number of aldehydes is 1. The van der Waals surface area contributed by atoms with Gasteiger partial charge in [-0.3, -0.25) is 4.79 Å². The standard InChI is InChI=1S/C14H19N2O3P.CH5N/c1-11-7-13(14(9-15)10-17)8-12(2)16(11)3-4-18-5-6-19-20;1-2/h7-8,10H,3-6,20H2,1-2H3;2H2,1H3. The molecule has 1 heterocycles. The van der Waals surface area contributed by atoms with Gasteiger partial charge in [-0.1, -0.05) is 0 Å². The van der Waals surface area contributed by atoms with Crippen LogP contribution in [-0.4, -0.2) is 44.6 Å². The van der Waals surface area contributed by atoms with Gasteiger partial charge < -0.3 is 19.9 Å². The van der Waals surface area contributed by atoms with Crippen molar-refractivity contribution < 1.29 is 14.1 Å². The molecule has 1 aliphatic rings. The lowest BCUT2D eigenvalue weighted by atomic mass is 10.0. The predicted molar refractivity (Wildman–Crippen MR) is 89.5 cm³/mol. The quantitative estimate of drug-likeness (QED) is 0.251. The lowest BCUT2D eigenvalue weighted by Gasteiger charge is -2.29. The Hall–Kier alpha value is -1.51. The third-order valence-corrected chi connectivity index (χ3v) is 3.17. The van der Waals surface area contributed by atoms with E-state index >= 15 is 0 Å². The van der Waals surface area contributed by atoms with Crippen LogP contribution in [0.2, 0.25) is 0 Å². The minimum Gasteiger partial charge on any atom is -0.377 e. The Labute approximate surface area is 134 Å². The molecular formula is C15H24N3O3P. The molecular weight excluding hydrogens is 301 g/mol. The second-order valence-corrected chi connectivity index (χ2v) is 4.64. The molecule has 1 rings (SSSR count). The summed E-state index contributed by atoms with van der Waals surface area (Å²) in [6.07, 6.45) is 4.27. The molecule has 0 aromatic heterocycles. The maximum atomic E-state index is 10.8. The molecule has 1 atom stereocenters. The number of hydrogen-bond acceptors (Lipinski definition) is 6. The Morgan fingerprint density at radius 3 is 2.36 bits per heavy atom. The van der Waals surface area contributed by atoms with Crippen LogP contribution >= 0.6 is 9.47 Å². The van der Waals surface area contributed by atoms with Crippen molar-refractivity contribution in [2.45, 2.75) is 13.8 Å². The number of ether oxygens (including phenoxy) is 1. The van der Waals surface area contributed by atoms with E-state index < -0.39 is 0 Å². The lowest BCUT2D eigenvalue weighted by molar-refractivity contribution is -0.104. The first-order valence-electron chi connectivity index (χ1n) is 6.85. The predicted octanol–water partition coefficient (Wildman–Crippen LogP) is 1.53. The van der Waals surface area contributed by atoms with Gasteiger partial charge in [-0.05, 0) is 38.6 Å². The maximum Gasteiger partial charge on any atom is 0.161 e. The van der Waals surface area contributed by atoms with E-state index in [-0.39, 0.29) is 5.57 Å². The van der Waals surface area contributed by atoms with Gasteiger partial charge in [-0.25, -0.2) is 0 Å². The third kappa shape index (κ3) is 6.50. The first-order chi connectivity index (χ1) is 10.6. The molecule has 0 saturated carbocycles. The molecule has 0 saturated heterocycles. The van der Waals surface area contributed by atoms with Gasteiger partial charge in [0.05, 0.1) is 25.4 Å². The Bertz CT molecular complexity index is 471. The Morgan fingerprint density at radius 2 is 1.91 bits per heavy atom. The van der Waals surface area contributed by atoms with Crippen LogP contribution in [0, 0.1) is 11.3 Å². The highest BCUT2D eigenvalue weighted by Gasteiger charge is 2.15. The normalized spacial score (nSPS) is 13.5. The number of hydrogen-bond donors (Lipinski definition) is 1. The summed E-state index contributed by atoms with van der Waals surface area (Å²) in [7, 11) is 3.68. The van der Waals surface area contributed by atoms with E-state index in [1.54, 1.807) is 0 Å². The van der Waals surface area contributed by atoms with Crippen LogP contribution in [0.15, 0.2) is 34.7 Å². The molecule has 0 aromatic carbocycles. The number of carbonyl (C=O) groups excluding carboxylic acids is 1. The Kier molecular flexibility index (Phi) is 11.2. The molecule has 0 bridgehead atoms. The zero-order valence-electron chi connectivity index (χ0n) is 13.3. The summed E-state index contributed by atoms with van der Waals surface area (Å²) in [5, 5.41) is 8.90. The molecule has 0 aliphatic carbocycles. The van der Waals surface area contributed by atoms with Gasteiger partial charge in [0, 0.05) is 27.4 Å². The monoisotopic (exact) mass is 325 g/mol. The summed E-state index contributed by atoms with van der Waals surface area (Å²) in [6.45, 7) is 6.30. The lowest BCUT2D eigenvalue weighted by Crippen LogP contribution is -2.27. The Balaban J connectivity index is 0.00000211. The molecule has 0 radical (unpaired) electrons. The van der Waals surface area contributed by atoms with Gasteiger partial charge in [-0.2, -0.15) is 5.26 Å². The maximum absolute atomic E-state index is 10.8. The minimum absolute atomic E-state index is 0.150. The van der Waals surface area contributed by atoms with Gasteiger partial charge in [0.2, 0.25) is 0 Å². The van der Waals surface area contributed by atoms with Crippen LogP contribution in [0.4, 0.5) is 0 Å². The molecule has 2 N–H and O–H groups in total. The van der Waals surface area contributed by atoms with Crippen molar-refractivity contribution in [3.05, 3.63) is 34.7 Å².